The minimum Gasteiger partial charge on any atom is -0.361 e. The number of halogens is 4. The number of carbonyl (C=O) groups excluding carboxylic acids is 2. The van der Waals surface area contributed by atoms with Crippen molar-refractivity contribution in [3.63, 3.8) is 0 Å². The van der Waals surface area contributed by atoms with Crippen LogP contribution >= 0.6 is 46.4 Å². The predicted molar refractivity (Wildman–Crippen MR) is 116 cm³/mol. The van der Waals surface area contributed by atoms with Crippen molar-refractivity contribution in [1.29, 1.82) is 0 Å². The van der Waals surface area contributed by atoms with Crippen LogP contribution < -0.4 is 4.90 Å². The minimum atomic E-state index is -0.526. The molecule has 1 atom stereocenters. The largest absolute Gasteiger partial charge is 0.361 e. The molecule has 0 aliphatic carbocycles. The van der Waals surface area contributed by atoms with Crippen molar-refractivity contribution < 1.29 is 14.5 Å². The Morgan fingerprint density at radius 3 is 2.03 bits per heavy atom. The second-order valence-electron chi connectivity index (χ2n) is 7.15. The average molecular weight is 472 g/mol. The first-order valence-corrected chi connectivity index (χ1v) is 10.3. The molecule has 2 heterocycles. The van der Waals surface area contributed by atoms with Crippen LogP contribution in [0.2, 0.25) is 20.1 Å². The molecular weight excluding hydrogens is 456 g/mol. The minimum absolute atomic E-state index is 0.00231. The Hall–Kier alpha value is -1.76. The van der Waals surface area contributed by atoms with Crippen LogP contribution in [0.25, 0.3) is 10.9 Å². The fourth-order valence-electron chi connectivity index (χ4n) is 3.72. The zero-order valence-corrected chi connectivity index (χ0v) is 18.5. The monoisotopic (exact) mass is 470 g/mol. The van der Waals surface area contributed by atoms with Gasteiger partial charge in [-0.05, 0) is 6.07 Å². The number of aromatic amines is 1. The van der Waals surface area contributed by atoms with Gasteiger partial charge in [-0.15, -0.1) is 0 Å². The van der Waals surface area contributed by atoms with Crippen molar-refractivity contribution in [3.8, 4) is 0 Å². The van der Waals surface area contributed by atoms with E-state index in [9.17, 15) is 9.59 Å². The van der Waals surface area contributed by atoms with Gasteiger partial charge in [-0.1, -0.05) is 64.6 Å². The van der Waals surface area contributed by atoms with Gasteiger partial charge in [0.1, 0.15) is 6.04 Å². The van der Waals surface area contributed by atoms with Gasteiger partial charge < -0.3 is 9.88 Å². The third-order valence-corrected chi connectivity index (χ3v) is 7.05. The molecule has 5 nitrogen and oxygen atoms in total. The Bertz CT molecular complexity index is 1130. The van der Waals surface area contributed by atoms with Crippen LogP contribution in [0.1, 0.15) is 32.3 Å². The molecule has 2 aromatic carbocycles. The number of benzene rings is 2. The van der Waals surface area contributed by atoms with Gasteiger partial charge in [-0.2, -0.15) is 0 Å². The van der Waals surface area contributed by atoms with E-state index in [1.54, 1.807) is 0 Å². The summed E-state index contributed by atoms with van der Waals surface area (Å²) in [5.74, 6) is -1.05. The highest BCUT2D eigenvalue weighted by atomic mass is 35.5. The Kier molecular flexibility index (Phi) is 5.30. The summed E-state index contributed by atoms with van der Waals surface area (Å²) in [6.07, 6.45) is 1.91. The lowest BCUT2D eigenvalue weighted by atomic mass is 10.0. The molecule has 0 saturated heterocycles. The highest BCUT2D eigenvalue weighted by molar-refractivity contribution is 6.55. The van der Waals surface area contributed by atoms with Crippen LogP contribution in [0.5, 0.6) is 0 Å². The van der Waals surface area contributed by atoms with Crippen molar-refractivity contribution in [3.05, 3.63) is 67.2 Å². The molecule has 0 saturated carbocycles. The van der Waals surface area contributed by atoms with Gasteiger partial charge in [-0.3, -0.25) is 14.5 Å². The molecule has 2 amide bonds. The molecule has 0 bridgehead atoms. The summed E-state index contributed by atoms with van der Waals surface area (Å²) < 4.78 is 0. The molecule has 1 aromatic heterocycles. The lowest BCUT2D eigenvalue weighted by molar-refractivity contribution is -0.891. The van der Waals surface area contributed by atoms with Gasteiger partial charge in [-0.25, -0.2) is 0 Å². The van der Waals surface area contributed by atoms with Gasteiger partial charge in [0.25, 0.3) is 11.8 Å². The summed E-state index contributed by atoms with van der Waals surface area (Å²) >= 11 is 24.6. The number of nitrogens with one attached hydrogen (secondary N) is 2. The third kappa shape index (κ3) is 3.13. The quantitative estimate of drug-likeness (QED) is 0.339. The van der Waals surface area contributed by atoms with E-state index in [2.05, 4.69) is 4.98 Å². The number of rotatable bonds is 4. The van der Waals surface area contributed by atoms with Gasteiger partial charge in [0.05, 0.1) is 51.9 Å². The molecule has 2 N–H and O–H groups in total. The van der Waals surface area contributed by atoms with E-state index in [0.717, 1.165) is 26.3 Å². The molecule has 3 aromatic rings. The van der Waals surface area contributed by atoms with Crippen LogP contribution in [-0.4, -0.2) is 42.3 Å². The van der Waals surface area contributed by atoms with E-state index in [1.165, 1.54) is 0 Å². The van der Waals surface area contributed by atoms with E-state index in [4.69, 9.17) is 46.4 Å². The molecule has 4 rings (SSSR count). The van der Waals surface area contributed by atoms with Crippen molar-refractivity contribution in [2.45, 2.75) is 6.04 Å². The van der Waals surface area contributed by atoms with Gasteiger partial charge in [0.15, 0.2) is 0 Å². The number of nitrogens with zero attached hydrogens (tertiary/aromatic N) is 1. The average Bonchev–Trinajstić information content (AvgIpc) is 3.22. The van der Waals surface area contributed by atoms with Crippen molar-refractivity contribution in [1.82, 2.24) is 9.88 Å². The molecule has 9 heteroatoms. The zero-order chi connectivity index (χ0) is 21.0. The molecule has 1 aliphatic rings. The SMILES string of the molecule is C[NH+](C)[C@H](CN1C(=O)c2c(Cl)c(Cl)c(Cl)c(Cl)c2C1=O)c1c[nH]c2ccccc12. The number of hydrogen-bond donors (Lipinski definition) is 2. The van der Waals surface area contributed by atoms with E-state index in [0.29, 0.717) is 0 Å². The number of carbonyl (C=O) groups is 2. The number of fused-ring (bicyclic) bond motifs is 2. The highest BCUT2D eigenvalue weighted by Gasteiger charge is 2.43. The zero-order valence-electron chi connectivity index (χ0n) is 15.4. The topological polar surface area (TPSA) is 57.6 Å². The summed E-state index contributed by atoms with van der Waals surface area (Å²) in [4.78, 5) is 31.6. The fraction of sp³-hybridized carbons (Fsp3) is 0.200. The number of H-pyrrole nitrogens is 1. The summed E-state index contributed by atoms with van der Waals surface area (Å²) in [5.41, 5.74) is 2.00. The summed E-state index contributed by atoms with van der Waals surface area (Å²) in [6, 6.07) is 7.71. The normalized spacial score (nSPS) is 14.9. The summed E-state index contributed by atoms with van der Waals surface area (Å²) in [7, 11) is 3.94. The van der Waals surface area contributed by atoms with E-state index in [1.807, 2.05) is 44.6 Å². The lowest BCUT2D eigenvalue weighted by Crippen LogP contribution is -3.07. The van der Waals surface area contributed by atoms with Crippen LogP contribution in [0.4, 0.5) is 0 Å². The van der Waals surface area contributed by atoms with Crippen molar-refractivity contribution in [2.75, 3.05) is 20.6 Å². The number of para-hydroxylation sites is 1. The Balaban J connectivity index is 1.77. The maximum atomic E-state index is 13.1. The second-order valence-corrected chi connectivity index (χ2v) is 8.66. The van der Waals surface area contributed by atoms with Crippen molar-refractivity contribution >= 4 is 69.1 Å². The first-order chi connectivity index (χ1) is 13.7. The number of hydrogen-bond acceptors (Lipinski definition) is 2. The van der Waals surface area contributed by atoms with E-state index in [-0.39, 0.29) is 43.8 Å². The lowest BCUT2D eigenvalue weighted by Gasteiger charge is -2.25. The van der Waals surface area contributed by atoms with Crippen LogP contribution in [0.3, 0.4) is 0 Å². The van der Waals surface area contributed by atoms with E-state index < -0.39 is 11.8 Å². The maximum Gasteiger partial charge on any atom is 0.263 e. The van der Waals surface area contributed by atoms with Crippen LogP contribution in [0, 0.1) is 0 Å². The number of aromatic nitrogens is 1. The molecule has 0 spiro atoms. The summed E-state index contributed by atoms with van der Waals surface area (Å²) in [6.45, 7) is 0.151. The number of imide groups is 1. The molecule has 0 radical (unpaired) electrons. The van der Waals surface area contributed by atoms with Crippen LogP contribution in [0.15, 0.2) is 30.5 Å². The molecule has 29 heavy (non-hydrogen) atoms. The Morgan fingerprint density at radius 2 is 1.48 bits per heavy atom. The van der Waals surface area contributed by atoms with Gasteiger partial charge in [0.2, 0.25) is 0 Å². The first-order valence-electron chi connectivity index (χ1n) is 8.82. The maximum absolute atomic E-state index is 13.1. The second kappa shape index (κ2) is 7.49. The number of likely N-dealkylation sites (N-methyl/N-ethyl adjacent to an activating group) is 1. The first kappa shape index (κ1) is 20.5. The highest BCUT2D eigenvalue weighted by Crippen LogP contribution is 2.45. The number of quaternary nitrogens is 1. The van der Waals surface area contributed by atoms with E-state index >= 15 is 0 Å². The summed E-state index contributed by atoms with van der Waals surface area (Å²) in [5, 5.41) is 0.853. The Morgan fingerprint density at radius 1 is 0.931 bits per heavy atom. The molecule has 0 fully saturated rings. The standard InChI is InChI=1S/C20H15Cl4N3O2/c1-26(2)12(10-7-25-11-6-4-3-5-9(10)11)8-27-19(28)13-14(20(27)29)16(22)18(24)17(23)15(13)21/h3-7,12,25H,8H2,1-2H3/p+1/t12-/m1/s1. The third-order valence-electron chi connectivity index (χ3n) is 5.24. The molecular formula is C20H16Cl4N3O2+. The van der Waals surface area contributed by atoms with Crippen molar-refractivity contribution in [2.24, 2.45) is 0 Å². The van der Waals surface area contributed by atoms with Gasteiger partial charge in [0, 0.05) is 22.7 Å². The fourth-order valence-corrected chi connectivity index (χ4v) is 4.73. The predicted octanol–water partition coefficient (Wildman–Crippen LogP) is 4.26. The van der Waals surface area contributed by atoms with Gasteiger partial charge >= 0.3 is 0 Å². The molecule has 1 aliphatic heterocycles. The molecule has 150 valence electrons. The molecule has 0 unspecified atom stereocenters. The Labute approximate surface area is 187 Å². The van der Waals surface area contributed by atoms with Crippen LogP contribution in [-0.2, 0) is 0 Å². The number of amides is 2. The smallest absolute Gasteiger partial charge is 0.263 e.